The monoisotopic (exact) mass is 539 g/mol. The number of phenols is 1. The molecule has 0 spiro atoms. The number of nitrogens with zero attached hydrogens (tertiary/aromatic N) is 1. The number of anilines is 1. The van der Waals surface area contributed by atoms with E-state index in [0.29, 0.717) is 30.3 Å². The molecule has 0 radical (unpaired) electrons. The maximum atomic E-state index is 13.7. The third-order valence-electron chi connectivity index (χ3n) is 7.40. The number of aromatic hydroxyl groups is 1. The largest absolute Gasteiger partial charge is 0.508 e. The van der Waals surface area contributed by atoms with Crippen LogP contribution in [0, 0.1) is 17.8 Å². The molecule has 2 aromatic carbocycles. The molecule has 2 aromatic rings. The molecule has 1 aliphatic carbocycles. The van der Waals surface area contributed by atoms with Crippen LogP contribution in [-0.2, 0) is 14.2 Å². The van der Waals surface area contributed by atoms with E-state index in [-0.39, 0.29) is 28.7 Å². The van der Waals surface area contributed by atoms with Crippen LogP contribution in [0.3, 0.4) is 0 Å². The minimum absolute atomic E-state index is 0.0238. The van der Waals surface area contributed by atoms with Crippen LogP contribution < -0.4 is 10.4 Å². The van der Waals surface area contributed by atoms with Crippen molar-refractivity contribution in [2.24, 2.45) is 17.8 Å². The van der Waals surface area contributed by atoms with Gasteiger partial charge in [-0.05, 0) is 66.4 Å². The predicted octanol–water partition coefficient (Wildman–Crippen LogP) is 1.85. The van der Waals surface area contributed by atoms with E-state index in [1.807, 2.05) is 6.92 Å². The number of rotatable bonds is 4. The number of allylic oxidation sites excluding steroid dienone is 2. The number of benzene rings is 2. The van der Waals surface area contributed by atoms with E-state index in [9.17, 15) is 29.8 Å². The van der Waals surface area contributed by atoms with Gasteiger partial charge in [0.2, 0.25) is 11.8 Å². The van der Waals surface area contributed by atoms with Gasteiger partial charge < -0.3 is 24.8 Å². The van der Waals surface area contributed by atoms with Gasteiger partial charge in [-0.25, -0.2) is 0 Å². The minimum atomic E-state index is -1.73. The van der Waals surface area contributed by atoms with Crippen LogP contribution in [0.4, 0.5) is 5.69 Å². The normalized spacial score (nSPS) is 26.2. The van der Waals surface area contributed by atoms with Crippen molar-refractivity contribution in [3.63, 3.8) is 0 Å². The zero-order valence-corrected chi connectivity index (χ0v) is 20.6. The molecular weight excluding hydrogens is 516 g/mol. The number of phenolic OH excluding ortho intramolecular Hbond substituents is 1. The smallest absolute Gasteiger partial charge is 0.488 e. The van der Waals surface area contributed by atoms with E-state index >= 15 is 0 Å². The molecule has 5 rings (SSSR count). The fourth-order valence-corrected chi connectivity index (χ4v) is 6.19. The molecule has 2 fully saturated rings. The number of hydrogen-bond acceptors (Lipinski definition) is 7. The Hall–Kier alpha value is -2.43. The summed E-state index contributed by atoms with van der Waals surface area (Å²) in [5, 5.41) is 40.6. The number of carbonyl (C=O) groups excluding carboxylic acids is 2. The molecule has 2 heterocycles. The van der Waals surface area contributed by atoms with Crippen molar-refractivity contribution in [2.75, 3.05) is 4.90 Å². The molecule has 3 aliphatic rings. The van der Waals surface area contributed by atoms with Crippen LogP contribution in [0.2, 0.25) is 0 Å². The number of hydrogen-bond donors (Lipinski definition) is 4. The van der Waals surface area contributed by atoms with Crippen molar-refractivity contribution in [3.05, 3.63) is 63.5 Å². The van der Waals surface area contributed by atoms with Gasteiger partial charge in [-0.2, -0.15) is 0 Å². The van der Waals surface area contributed by atoms with Crippen molar-refractivity contribution >= 4 is 53.1 Å². The highest BCUT2D eigenvalue weighted by Crippen LogP contribution is 2.53. The Morgan fingerprint density at radius 3 is 2.63 bits per heavy atom. The fourth-order valence-electron chi connectivity index (χ4n) is 5.81. The Labute approximate surface area is 211 Å². The van der Waals surface area contributed by atoms with E-state index < -0.39 is 38.1 Å². The minimum Gasteiger partial charge on any atom is -0.508 e. The molecule has 2 aliphatic heterocycles. The lowest BCUT2D eigenvalue weighted by Crippen LogP contribution is -2.44. The van der Waals surface area contributed by atoms with Crippen LogP contribution in [0.25, 0.3) is 0 Å². The highest BCUT2D eigenvalue weighted by atomic mass is 79.9. The van der Waals surface area contributed by atoms with Gasteiger partial charge in [0.25, 0.3) is 0 Å². The van der Waals surface area contributed by atoms with E-state index in [0.717, 1.165) is 14.9 Å². The molecule has 2 saturated heterocycles. The number of amides is 2. The fraction of sp³-hybridized carbons (Fsp3) is 0.333. The summed E-state index contributed by atoms with van der Waals surface area (Å²) in [5.74, 6) is -2.41. The van der Waals surface area contributed by atoms with Gasteiger partial charge >= 0.3 is 14.2 Å². The Morgan fingerprint density at radius 1 is 1.14 bits per heavy atom. The second kappa shape index (κ2) is 9.22. The molecule has 0 aromatic heterocycles. The average molecular weight is 540 g/mol. The SMILES string of the molecule is CCC1=C2B(O)O[C@H](c3cc(Br)ccc3O)C[C@H]2[C@H]2C(=O)N(c3cccc(B(O)O)c3)C(=O)[C@H]2C1. The van der Waals surface area contributed by atoms with Gasteiger partial charge in [0, 0.05) is 10.0 Å². The summed E-state index contributed by atoms with van der Waals surface area (Å²) >= 11 is 3.40. The van der Waals surface area contributed by atoms with Crippen molar-refractivity contribution in [1.82, 2.24) is 0 Å². The van der Waals surface area contributed by atoms with E-state index in [2.05, 4.69) is 15.9 Å². The molecule has 0 unspecified atom stereocenters. The van der Waals surface area contributed by atoms with Crippen LogP contribution in [0.1, 0.15) is 37.9 Å². The first-order valence-corrected chi connectivity index (χ1v) is 12.4. The Morgan fingerprint density at radius 2 is 1.91 bits per heavy atom. The second-order valence-corrected chi connectivity index (χ2v) is 10.2. The molecule has 0 bridgehead atoms. The summed E-state index contributed by atoms with van der Waals surface area (Å²) in [7, 11) is -2.98. The molecule has 11 heteroatoms. The summed E-state index contributed by atoms with van der Waals surface area (Å²) in [6, 6.07) is 11.0. The van der Waals surface area contributed by atoms with Gasteiger partial charge in [0.15, 0.2) is 0 Å². The second-order valence-electron chi connectivity index (χ2n) is 9.25. The van der Waals surface area contributed by atoms with Crippen LogP contribution in [-0.4, -0.2) is 46.2 Å². The highest BCUT2D eigenvalue weighted by Gasteiger charge is 2.58. The lowest BCUT2D eigenvalue weighted by Gasteiger charge is -2.42. The van der Waals surface area contributed by atoms with E-state index in [1.165, 1.54) is 18.2 Å². The maximum absolute atomic E-state index is 13.7. The van der Waals surface area contributed by atoms with Gasteiger partial charge in [0.1, 0.15) is 5.75 Å². The standard InChI is InChI=1S/C24H24B2BrNO7/c1-2-12-8-18-21(24(31)28(23(18)30)15-5-3-4-13(9-15)25(32)33)17-11-20(35-26(34)22(12)17)16-10-14(27)6-7-19(16)29/h3-7,9-10,17-18,20-21,29,32-34H,2,8,11H2,1H3/t17-,18-,20-,21+/m0/s1. The summed E-state index contributed by atoms with van der Waals surface area (Å²) in [6.07, 6.45) is 0.612. The number of carbonyl (C=O) groups is 2. The summed E-state index contributed by atoms with van der Waals surface area (Å²) in [5.41, 5.74) is 2.52. The first-order valence-electron chi connectivity index (χ1n) is 11.6. The maximum Gasteiger partial charge on any atom is 0.488 e. The quantitative estimate of drug-likeness (QED) is 0.345. The molecule has 4 N–H and O–H groups in total. The number of halogens is 1. The Balaban J connectivity index is 1.55. The van der Waals surface area contributed by atoms with Gasteiger partial charge in [-0.1, -0.05) is 40.6 Å². The Kier molecular flexibility index (Phi) is 6.39. The summed E-state index contributed by atoms with van der Waals surface area (Å²) < 4.78 is 6.67. The van der Waals surface area contributed by atoms with Gasteiger partial charge in [0.05, 0.1) is 23.6 Å². The lowest BCUT2D eigenvalue weighted by atomic mass is 9.55. The molecule has 0 saturated carbocycles. The molecule has 35 heavy (non-hydrogen) atoms. The average Bonchev–Trinajstić information content (AvgIpc) is 3.09. The van der Waals surface area contributed by atoms with Crippen molar-refractivity contribution in [2.45, 2.75) is 32.3 Å². The predicted molar refractivity (Wildman–Crippen MR) is 133 cm³/mol. The van der Waals surface area contributed by atoms with Gasteiger partial charge in [-0.15, -0.1) is 0 Å². The zero-order chi connectivity index (χ0) is 25.0. The third-order valence-corrected chi connectivity index (χ3v) is 7.89. The first-order chi connectivity index (χ1) is 16.7. The summed E-state index contributed by atoms with van der Waals surface area (Å²) in [4.78, 5) is 28.4. The lowest BCUT2D eigenvalue weighted by molar-refractivity contribution is -0.123. The molecule has 4 atom stereocenters. The topological polar surface area (TPSA) is 128 Å². The zero-order valence-electron chi connectivity index (χ0n) is 19.0. The molecule has 8 nitrogen and oxygen atoms in total. The number of imide groups is 1. The van der Waals surface area contributed by atoms with Crippen molar-refractivity contribution < 1.29 is 34.4 Å². The first kappa shape index (κ1) is 24.3. The summed E-state index contributed by atoms with van der Waals surface area (Å²) in [6.45, 7) is 1.95. The molecule has 180 valence electrons. The van der Waals surface area contributed by atoms with Crippen LogP contribution in [0.5, 0.6) is 5.75 Å². The van der Waals surface area contributed by atoms with Crippen LogP contribution in [0.15, 0.2) is 58.0 Å². The number of fused-ring (bicyclic) bond motifs is 3. The van der Waals surface area contributed by atoms with E-state index in [4.69, 9.17) is 4.65 Å². The van der Waals surface area contributed by atoms with Crippen molar-refractivity contribution in [1.29, 1.82) is 0 Å². The van der Waals surface area contributed by atoms with E-state index in [1.54, 1.807) is 24.3 Å². The van der Waals surface area contributed by atoms with Crippen LogP contribution >= 0.6 is 15.9 Å². The molecular formula is C24H24B2BrNO7. The third kappa shape index (κ3) is 4.05. The van der Waals surface area contributed by atoms with Gasteiger partial charge in [-0.3, -0.25) is 14.5 Å². The Bertz CT molecular complexity index is 1240. The van der Waals surface area contributed by atoms with Crippen molar-refractivity contribution in [3.8, 4) is 5.75 Å². The molecule has 2 amide bonds. The highest BCUT2D eigenvalue weighted by molar-refractivity contribution is 9.10.